The van der Waals surface area contributed by atoms with Crippen molar-refractivity contribution >= 4 is 17.1 Å². The number of carbonyl (C=O) groups excluding carboxylic acids is 1. The van der Waals surface area contributed by atoms with E-state index in [1.807, 2.05) is 23.1 Å². The molecule has 3 aliphatic heterocycles. The molecule has 1 amide bonds. The van der Waals surface area contributed by atoms with Crippen molar-refractivity contribution in [2.75, 3.05) is 32.7 Å². The summed E-state index contributed by atoms with van der Waals surface area (Å²) in [4.78, 5) is 24.1. The third kappa shape index (κ3) is 3.11. The molecule has 0 aliphatic carbocycles. The number of aromatic nitrogens is 2. The van der Waals surface area contributed by atoms with Crippen LogP contribution >= 0.6 is 0 Å². The smallest absolute Gasteiger partial charge is 0.410 e. The topological polar surface area (TPSA) is 53.8 Å². The number of carbonyl (C=O) groups is 1. The fourth-order valence-electron chi connectivity index (χ4n) is 5.43. The van der Waals surface area contributed by atoms with E-state index in [4.69, 9.17) is 9.72 Å². The van der Waals surface area contributed by atoms with Gasteiger partial charge in [0.1, 0.15) is 5.82 Å². The molecule has 3 aromatic rings. The number of fused-ring (bicyclic) bond motifs is 3. The Bertz CT molecular complexity index is 1120. The minimum absolute atomic E-state index is 0.120. The van der Waals surface area contributed by atoms with Gasteiger partial charge in [-0.1, -0.05) is 42.5 Å². The molecule has 7 nitrogen and oxygen atoms in total. The first kappa shape index (κ1) is 18.8. The summed E-state index contributed by atoms with van der Waals surface area (Å²) in [6.07, 6.45) is -0.147. The summed E-state index contributed by atoms with van der Waals surface area (Å²) in [5.74, 6) is 1.05. The van der Waals surface area contributed by atoms with Crippen molar-refractivity contribution in [3.63, 3.8) is 0 Å². The number of rotatable bonds is 4. The Hall–Kier alpha value is -2.90. The molecule has 0 radical (unpaired) electrons. The summed E-state index contributed by atoms with van der Waals surface area (Å²) >= 11 is 0. The second kappa shape index (κ2) is 7.07. The van der Waals surface area contributed by atoms with Crippen LogP contribution in [0.25, 0.3) is 11.0 Å². The van der Waals surface area contributed by atoms with Crippen LogP contribution in [0.5, 0.6) is 0 Å². The summed E-state index contributed by atoms with van der Waals surface area (Å²) in [5, 5.41) is 0. The van der Waals surface area contributed by atoms with Crippen LogP contribution in [0.3, 0.4) is 0 Å². The number of imidazole rings is 1. The highest BCUT2D eigenvalue weighted by Crippen LogP contribution is 2.40. The van der Waals surface area contributed by atoms with Crippen molar-refractivity contribution in [3.05, 3.63) is 66.0 Å². The molecule has 1 aromatic heterocycles. The van der Waals surface area contributed by atoms with Crippen LogP contribution in [0.1, 0.15) is 11.4 Å². The Morgan fingerprint density at radius 3 is 2.58 bits per heavy atom. The van der Waals surface area contributed by atoms with Gasteiger partial charge >= 0.3 is 6.09 Å². The molecule has 6 rings (SSSR count). The van der Waals surface area contributed by atoms with Gasteiger partial charge in [0, 0.05) is 46.3 Å². The largest absolute Gasteiger partial charge is 0.438 e. The average Bonchev–Trinajstić information content (AvgIpc) is 3.23. The van der Waals surface area contributed by atoms with Crippen molar-refractivity contribution in [2.24, 2.45) is 7.05 Å². The molecule has 3 aliphatic rings. The molecule has 1 atom stereocenters. The minimum atomic E-state index is -0.392. The number of amides is 1. The van der Waals surface area contributed by atoms with Gasteiger partial charge in [-0.25, -0.2) is 9.78 Å². The van der Waals surface area contributed by atoms with Crippen molar-refractivity contribution < 1.29 is 9.53 Å². The van der Waals surface area contributed by atoms with Gasteiger partial charge in [-0.05, 0) is 17.7 Å². The van der Waals surface area contributed by atoms with E-state index in [9.17, 15) is 4.79 Å². The van der Waals surface area contributed by atoms with Crippen LogP contribution in [0.15, 0.2) is 54.6 Å². The average molecular weight is 418 g/mol. The van der Waals surface area contributed by atoms with E-state index in [1.54, 1.807) is 0 Å². The molecule has 3 saturated heterocycles. The number of para-hydroxylation sites is 2. The van der Waals surface area contributed by atoms with E-state index < -0.39 is 5.60 Å². The SMILES string of the molecule is Cn1c(CN2CC3(C2)OC(=O)N2CCN(Cc4ccccc4)CC23)nc2ccccc21. The first-order valence-electron chi connectivity index (χ1n) is 11.0. The van der Waals surface area contributed by atoms with Gasteiger partial charge in [0.05, 0.1) is 23.6 Å². The molecule has 3 fully saturated rings. The van der Waals surface area contributed by atoms with Gasteiger partial charge in [0.25, 0.3) is 0 Å². The monoisotopic (exact) mass is 417 g/mol. The number of hydrogen-bond acceptors (Lipinski definition) is 5. The molecule has 1 spiro atoms. The fraction of sp³-hybridized carbons (Fsp3) is 0.417. The molecule has 7 heteroatoms. The molecular weight excluding hydrogens is 390 g/mol. The third-order valence-corrected chi connectivity index (χ3v) is 7.07. The van der Waals surface area contributed by atoms with E-state index >= 15 is 0 Å². The molecule has 0 bridgehead atoms. The third-order valence-electron chi connectivity index (χ3n) is 7.07. The van der Waals surface area contributed by atoms with Gasteiger partial charge in [-0.15, -0.1) is 0 Å². The quantitative estimate of drug-likeness (QED) is 0.653. The summed E-state index contributed by atoms with van der Waals surface area (Å²) in [5.41, 5.74) is 3.09. The zero-order valence-electron chi connectivity index (χ0n) is 17.8. The van der Waals surface area contributed by atoms with Gasteiger partial charge < -0.3 is 9.30 Å². The van der Waals surface area contributed by atoms with E-state index in [1.165, 1.54) is 5.56 Å². The highest BCUT2D eigenvalue weighted by atomic mass is 16.6. The highest BCUT2D eigenvalue weighted by Gasteiger charge is 2.61. The second-order valence-corrected chi connectivity index (χ2v) is 9.08. The van der Waals surface area contributed by atoms with Crippen molar-refractivity contribution in [1.82, 2.24) is 24.3 Å². The van der Waals surface area contributed by atoms with Gasteiger partial charge in [0.2, 0.25) is 0 Å². The number of ether oxygens (including phenoxy) is 1. The predicted octanol–water partition coefficient (Wildman–Crippen LogP) is 2.46. The zero-order chi connectivity index (χ0) is 21.0. The summed E-state index contributed by atoms with van der Waals surface area (Å²) in [6, 6.07) is 18.9. The number of aryl methyl sites for hydroxylation is 1. The molecule has 0 N–H and O–H groups in total. The number of nitrogens with zero attached hydrogens (tertiary/aromatic N) is 5. The van der Waals surface area contributed by atoms with Crippen LogP contribution in [0, 0.1) is 0 Å². The normalized spacial score (nSPS) is 23.2. The van der Waals surface area contributed by atoms with E-state index in [0.717, 1.165) is 62.7 Å². The van der Waals surface area contributed by atoms with E-state index in [2.05, 4.69) is 57.8 Å². The minimum Gasteiger partial charge on any atom is -0.438 e. The number of piperazine rings is 1. The molecule has 0 saturated carbocycles. The lowest BCUT2D eigenvalue weighted by molar-refractivity contribution is -0.108. The van der Waals surface area contributed by atoms with Crippen molar-refractivity contribution in [2.45, 2.75) is 24.7 Å². The van der Waals surface area contributed by atoms with Crippen molar-refractivity contribution in [1.29, 1.82) is 0 Å². The summed E-state index contributed by atoms with van der Waals surface area (Å²) in [6.45, 7) is 5.71. The molecule has 1 unspecified atom stereocenters. The lowest BCUT2D eigenvalue weighted by atomic mass is 9.84. The summed E-state index contributed by atoms with van der Waals surface area (Å²) in [7, 11) is 2.07. The summed E-state index contributed by atoms with van der Waals surface area (Å²) < 4.78 is 8.14. The lowest BCUT2D eigenvalue weighted by Crippen LogP contribution is -2.70. The van der Waals surface area contributed by atoms with E-state index in [-0.39, 0.29) is 12.1 Å². The van der Waals surface area contributed by atoms with Crippen LogP contribution in [-0.4, -0.2) is 74.7 Å². The Morgan fingerprint density at radius 2 is 1.77 bits per heavy atom. The zero-order valence-corrected chi connectivity index (χ0v) is 17.8. The van der Waals surface area contributed by atoms with Crippen LogP contribution in [0.2, 0.25) is 0 Å². The first-order chi connectivity index (χ1) is 15.1. The second-order valence-electron chi connectivity index (χ2n) is 9.08. The van der Waals surface area contributed by atoms with Gasteiger partial charge in [-0.2, -0.15) is 0 Å². The highest BCUT2D eigenvalue weighted by molar-refractivity contribution is 5.75. The maximum atomic E-state index is 12.6. The van der Waals surface area contributed by atoms with Gasteiger partial charge in [-0.3, -0.25) is 14.7 Å². The van der Waals surface area contributed by atoms with Crippen LogP contribution in [0.4, 0.5) is 4.79 Å². The van der Waals surface area contributed by atoms with Crippen LogP contribution in [-0.2, 0) is 24.9 Å². The Kier molecular flexibility index (Phi) is 4.30. The van der Waals surface area contributed by atoms with E-state index in [0.29, 0.717) is 0 Å². The molecule has 4 heterocycles. The Balaban J connectivity index is 1.15. The standard InChI is InChI=1S/C24H27N5O2/c1-26-20-10-6-5-9-19(20)25-22(26)15-28-16-24(17-28)21-14-27(11-12-29(21)23(30)31-24)13-18-7-3-2-4-8-18/h2-10,21H,11-17H2,1H3. The number of hydrogen-bond donors (Lipinski definition) is 0. The first-order valence-corrected chi connectivity index (χ1v) is 11.0. The predicted molar refractivity (Wildman–Crippen MR) is 117 cm³/mol. The van der Waals surface area contributed by atoms with Crippen molar-refractivity contribution in [3.8, 4) is 0 Å². The molecule has 31 heavy (non-hydrogen) atoms. The lowest BCUT2D eigenvalue weighted by Gasteiger charge is -2.51. The maximum Gasteiger partial charge on any atom is 0.410 e. The van der Waals surface area contributed by atoms with Gasteiger partial charge in [0.15, 0.2) is 5.60 Å². The maximum absolute atomic E-state index is 12.6. The number of benzene rings is 2. The molecular formula is C24H27N5O2. The Labute approximate surface area is 181 Å². The molecule has 2 aromatic carbocycles. The van der Waals surface area contributed by atoms with Crippen LogP contribution < -0.4 is 0 Å². The number of likely N-dealkylation sites (tertiary alicyclic amines) is 1. The molecule has 160 valence electrons. The fourth-order valence-corrected chi connectivity index (χ4v) is 5.43. The Morgan fingerprint density at radius 1 is 1.00 bits per heavy atom.